The summed E-state index contributed by atoms with van der Waals surface area (Å²) in [6.07, 6.45) is 5.51. The first-order chi connectivity index (χ1) is 6.17. The summed E-state index contributed by atoms with van der Waals surface area (Å²) in [5, 5.41) is 16.3. The highest BCUT2D eigenvalue weighted by atomic mass is 15.1. The van der Waals surface area contributed by atoms with E-state index in [4.69, 9.17) is 10.7 Å². The number of hydrogen-bond donors (Lipinski definition) is 1. The summed E-state index contributed by atoms with van der Waals surface area (Å²) in [7, 11) is 1.79. The largest absolute Gasteiger partial charge is 0.355 e. The smallest absolute Gasteiger partial charge is 0.138 e. The van der Waals surface area contributed by atoms with Crippen LogP contribution in [0.4, 0.5) is 0 Å². The second kappa shape index (κ2) is 6.01. The van der Waals surface area contributed by atoms with Gasteiger partial charge in [0.1, 0.15) is 11.9 Å². The van der Waals surface area contributed by atoms with Gasteiger partial charge in [-0.25, -0.2) is 0 Å². The second-order valence-electron chi connectivity index (χ2n) is 2.61. The van der Waals surface area contributed by atoms with Crippen molar-refractivity contribution in [3.05, 3.63) is 23.8 Å². The number of allylic oxidation sites excluding steroid dienone is 2. The van der Waals surface area contributed by atoms with Gasteiger partial charge in [0.25, 0.3) is 0 Å². The maximum atomic E-state index is 8.67. The first kappa shape index (κ1) is 11.4. The van der Waals surface area contributed by atoms with Gasteiger partial charge in [-0.2, -0.15) is 5.26 Å². The van der Waals surface area contributed by atoms with Gasteiger partial charge in [0, 0.05) is 13.6 Å². The predicted octanol–water partition coefficient (Wildman–Crippen LogP) is 1.94. The SMILES string of the molecule is CC=CCN(C)C(=N)/C(C#N)=C\C. The fourth-order valence-electron chi connectivity index (χ4n) is 0.815. The van der Waals surface area contributed by atoms with Gasteiger partial charge in [-0.1, -0.05) is 18.2 Å². The monoisotopic (exact) mass is 177 g/mol. The first-order valence-electron chi connectivity index (χ1n) is 4.15. The Morgan fingerprint density at radius 1 is 1.54 bits per heavy atom. The molecule has 1 N–H and O–H groups in total. The Morgan fingerprint density at radius 2 is 2.15 bits per heavy atom. The fourth-order valence-corrected chi connectivity index (χ4v) is 0.815. The van der Waals surface area contributed by atoms with Gasteiger partial charge >= 0.3 is 0 Å². The van der Waals surface area contributed by atoms with Gasteiger partial charge in [0.05, 0.1) is 5.57 Å². The van der Waals surface area contributed by atoms with E-state index >= 15 is 0 Å². The van der Waals surface area contributed by atoms with Crippen molar-refractivity contribution in [1.82, 2.24) is 4.90 Å². The Kier molecular flexibility index (Phi) is 5.29. The normalized spacial score (nSPS) is 11.4. The van der Waals surface area contributed by atoms with Crippen LogP contribution in [0.3, 0.4) is 0 Å². The molecule has 0 unspecified atom stereocenters. The van der Waals surface area contributed by atoms with E-state index in [9.17, 15) is 0 Å². The molecule has 70 valence electrons. The van der Waals surface area contributed by atoms with E-state index in [1.54, 1.807) is 24.9 Å². The average molecular weight is 177 g/mol. The van der Waals surface area contributed by atoms with Gasteiger partial charge in [0.2, 0.25) is 0 Å². The number of rotatable bonds is 3. The highest BCUT2D eigenvalue weighted by Crippen LogP contribution is 1.99. The van der Waals surface area contributed by atoms with Crippen LogP contribution in [0.25, 0.3) is 0 Å². The van der Waals surface area contributed by atoms with Crippen LogP contribution in [0, 0.1) is 16.7 Å². The van der Waals surface area contributed by atoms with Crippen molar-refractivity contribution in [2.75, 3.05) is 13.6 Å². The summed E-state index contributed by atoms with van der Waals surface area (Å²) in [6, 6.07) is 1.98. The number of hydrogen-bond acceptors (Lipinski definition) is 2. The maximum absolute atomic E-state index is 8.67. The molecular formula is C10H15N3. The molecular weight excluding hydrogens is 162 g/mol. The van der Waals surface area contributed by atoms with Crippen molar-refractivity contribution >= 4 is 5.84 Å². The van der Waals surface area contributed by atoms with Crippen LogP contribution in [0.15, 0.2) is 23.8 Å². The molecule has 0 amide bonds. The third-order valence-electron chi connectivity index (χ3n) is 1.66. The third-order valence-corrected chi connectivity index (χ3v) is 1.66. The molecule has 0 saturated carbocycles. The third kappa shape index (κ3) is 3.57. The summed E-state index contributed by atoms with van der Waals surface area (Å²) in [4.78, 5) is 1.72. The molecule has 0 saturated heterocycles. The summed E-state index contributed by atoms with van der Waals surface area (Å²) < 4.78 is 0. The zero-order valence-electron chi connectivity index (χ0n) is 8.33. The highest BCUT2D eigenvalue weighted by Gasteiger charge is 2.06. The van der Waals surface area contributed by atoms with Gasteiger partial charge < -0.3 is 4.90 Å². The van der Waals surface area contributed by atoms with Crippen LogP contribution < -0.4 is 0 Å². The van der Waals surface area contributed by atoms with Gasteiger partial charge in [-0.3, -0.25) is 5.41 Å². The lowest BCUT2D eigenvalue weighted by molar-refractivity contribution is 0.561. The Bertz CT molecular complexity index is 268. The molecule has 0 aromatic rings. The zero-order chi connectivity index (χ0) is 10.3. The molecule has 3 heteroatoms. The molecule has 0 aromatic heterocycles. The highest BCUT2D eigenvalue weighted by molar-refractivity contribution is 5.99. The first-order valence-corrected chi connectivity index (χ1v) is 4.15. The van der Waals surface area contributed by atoms with Crippen LogP contribution in [0.5, 0.6) is 0 Å². The van der Waals surface area contributed by atoms with Crippen molar-refractivity contribution in [2.45, 2.75) is 13.8 Å². The number of nitriles is 1. The minimum absolute atomic E-state index is 0.267. The molecule has 0 rings (SSSR count). The fraction of sp³-hybridized carbons (Fsp3) is 0.400. The maximum Gasteiger partial charge on any atom is 0.138 e. The Hall–Kier alpha value is -1.56. The Morgan fingerprint density at radius 3 is 2.54 bits per heavy atom. The van der Waals surface area contributed by atoms with E-state index < -0.39 is 0 Å². The molecule has 0 spiro atoms. The van der Waals surface area contributed by atoms with Crippen LogP contribution in [-0.4, -0.2) is 24.3 Å². The summed E-state index contributed by atoms with van der Waals surface area (Å²) >= 11 is 0. The van der Waals surface area contributed by atoms with E-state index in [1.165, 1.54) is 0 Å². The number of nitrogens with zero attached hydrogens (tertiary/aromatic N) is 2. The number of amidine groups is 1. The van der Waals surface area contributed by atoms with Gasteiger partial charge in [-0.05, 0) is 13.8 Å². The molecule has 0 bridgehead atoms. The van der Waals surface area contributed by atoms with Crippen molar-refractivity contribution < 1.29 is 0 Å². The predicted molar refractivity (Wildman–Crippen MR) is 54.5 cm³/mol. The van der Waals surface area contributed by atoms with Crippen LogP contribution >= 0.6 is 0 Å². The van der Waals surface area contributed by atoms with E-state index in [1.807, 2.05) is 25.1 Å². The topological polar surface area (TPSA) is 50.9 Å². The molecule has 0 aromatic carbocycles. The van der Waals surface area contributed by atoms with Crippen LogP contribution in [-0.2, 0) is 0 Å². The number of nitrogens with one attached hydrogen (secondary N) is 1. The van der Waals surface area contributed by atoms with Crippen LogP contribution in [0.1, 0.15) is 13.8 Å². The number of likely N-dealkylation sites (N-methyl/N-ethyl adjacent to an activating group) is 1. The van der Waals surface area contributed by atoms with Gasteiger partial charge in [-0.15, -0.1) is 0 Å². The lowest BCUT2D eigenvalue weighted by Crippen LogP contribution is -2.27. The Balaban J connectivity index is 4.35. The molecule has 3 nitrogen and oxygen atoms in total. The molecule has 0 aliphatic carbocycles. The van der Waals surface area contributed by atoms with Crippen molar-refractivity contribution in [1.29, 1.82) is 10.7 Å². The average Bonchev–Trinajstić information content (AvgIpc) is 2.15. The minimum Gasteiger partial charge on any atom is -0.355 e. The van der Waals surface area contributed by atoms with Crippen molar-refractivity contribution in [2.24, 2.45) is 0 Å². The van der Waals surface area contributed by atoms with Crippen LogP contribution in [0.2, 0.25) is 0 Å². The summed E-state index contributed by atoms with van der Waals surface area (Å²) in [6.45, 7) is 4.35. The summed E-state index contributed by atoms with van der Waals surface area (Å²) in [5.41, 5.74) is 0.409. The van der Waals surface area contributed by atoms with E-state index in [-0.39, 0.29) is 5.84 Å². The molecule has 0 radical (unpaired) electrons. The molecule has 0 atom stereocenters. The standard InChI is InChI=1S/C10H15N3/c1-4-6-7-13(3)10(12)9(5-2)8-11/h4-6,12H,7H2,1-3H3/b6-4?,9-5-,12-10?. The molecule has 0 fully saturated rings. The molecule has 0 heterocycles. The van der Waals surface area contributed by atoms with Gasteiger partial charge in [0.15, 0.2) is 0 Å². The van der Waals surface area contributed by atoms with E-state index in [2.05, 4.69) is 0 Å². The van der Waals surface area contributed by atoms with E-state index in [0.29, 0.717) is 12.1 Å². The lowest BCUT2D eigenvalue weighted by atomic mass is 10.2. The minimum atomic E-state index is 0.267. The zero-order valence-corrected chi connectivity index (χ0v) is 8.33. The molecule has 0 aliphatic heterocycles. The van der Waals surface area contributed by atoms with Crippen molar-refractivity contribution in [3.63, 3.8) is 0 Å². The molecule has 0 aliphatic rings. The lowest BCUT2D eigenvalue weighted by Gasteiger charge is -2.16. The van der Waals surface area contributed by atoms with E-state index in [0.717, 1.165) is 0 Å². The quantitative estimate of drug-likeness (QED) is 0.310. The van der Waals surface area contributed by atoms with Crippen molar-refractivity contribution in [3.8, 4) is 6.07 Å². The summed E-state index contributed by atoms with van der Waals surface area (Å²) in [5.74, 6) is 0.267. The second-order valence-corrected chi connectivity index (χ2v) is 2.61. The Labute approximate surface area is 79.5 Å². The molecule has 13 heavy (non-hydrogen) atoms.